The van der Waals surface area contributed by atoms with Crippen LogP contribution in [0, 0.1) is 0 Å². The number of aliphatic carboxylic acids is 1. The number of carboxylic acid groups (broad SMARTS) is 2. The molecule has 1 saturated heterocycles. The van der Waals surface area contributed by atoms with Gasteiger partial charge < -0.3 is 10.2 Å². The van der Waals surface area contributed by atoms with E-state index in [1.165, 1.54) is 0 Å². The first-order chi connectivity index (χ1) is 6.54. The topological polar surface area (TPSA) is 127 Å². The Hall–Kier alpha value is -1.95. The van der Waals surface area contributed by atoms with E-state index >= 15 is 0 Å². The molecule has 1 unspecified atom stereocenters. The van der Waals surface area contributed by atoms with Crippen molar-refractivity contribution in [3.05, 3.63) is 10.4 Å². The average molecular weight is 200 g/mol. The van der Waals surface area contributed by atoms with Gasteiger partial charge in [0, 0.05) is 11.5 Å². The van der Waals surface area contributed by atoms with E-state index in [1.807, 2.05) is 0 Å². The standard InChI is InChI=1S/C6H8N4O4/c7-9-8-6(4(11)12)2-1-3-10(6)5(13)14/h1-3H2,(H,11,12)(H,13,14). The monoisotopic (exact) mass is 200 g/mol. The third kappa shape index (κ3) is 1.31. The van der Waals surface area contributed by atoms with Gasteiger partial charge >= 0.3 is 12.1 Å². The highest BCUT2D eigenvalue weighted by molar-refractivity contribution is 5.84. The summed E-state index contributed by atoms with van der Waals surface area (Å²) in [6.07, 6.45) is -1.01. The Balaban J connectivity index is 3.13. The van der Waals surface area contributed by atoms with Crippen LogP contribution in [0.3, 0.4) is 0 Å². The van der Waals surface area contributed by atoms with Crippen molar-refractivity contribution in [2.24, 2.45) is 5.11 Å². The van der Waals surface area contributed by atoms with E-state index in [0.29, 0.717) is 11.3 Å². The summed E-state index contributed by atoms with van der Waals surface area (Å²) in [5.74, 6) is -1.44. The highest BCUT2D eigenvalue weighted by Gasteiger charge is 2.50. The van der Waals surface area contributed by atoms with E-state index in [0.717, 1.165) is 0 Å². The zero-order valence-corrected chi connectivity index (χ0v) is 7.12. The maximum atomic E-state index is 10.9. The predicted octanol–water partition coefficient (Wildman–Crippen LogP) is 0.851. The van der Waals surface area contributed by atoms with E-state index < -0.39 is 17.7 Å². The second kappa shape index (κ2) is 3.43. The van der Waals surface area contributed by atoms with Crippen LogP contribution in [0.25, 0.3) is 10.4 Å². The molecule has 1 atom stereocenters. The van der Waals surface area contributed by atoms with E-state index in [9.17, 15) is 9.59 Å². The zero-order chi connectivity index (χ0) is 10.8. The lowest BCUT2D eigenvalue weighted by atomic mass is 10.1. The molecule has 0 aromatic heterocycles. The highest BCUT2D eigenvalue weighted by atomic mass is 16.4. The zero-order valence-electron chi connectivity index (χ0n) is 7.12. The molecule has 0 aromatic rings. The fourth-order valence-corrected chi connectivity index (χ4v) is 1.50. The van der Waals surface area contributed by atoms with Crippen LogP contribution >= 0.6 is 0 Å². The lowest BCUT2D eigenvalue weighted by molar-refractivity contribution is -0.148. The molecule has 2 N–H and O–H groups in total. The van der Waals surface area contributed by atoms with Gasteiger partial charge in [-0.2, -0.15) is 0 Å². The first kappa shape index (κ1) is 10.1. The number of nitrogens with zero attached hydrogens (tertiary/aromatic N) is 4. The summed E-state index contributed by atoms with van der Waals surface area (Å²) in [5.41, 5.74) is 6.26. The summed E-state index contributed by atoms with van der Waals surface area (Å²) in [6.45, 7) is 0.0701. The maximum absolute atomic E-state index is 10.9. The van der Waals surface area contributed by atoms with Crippen LogP contribution in [0.15, 0.2) is 5.11 Å². The molecule has 0 bridgehead atoms. The first-order valence-electron chi connectivity index (χ1n) is 3.85. The van der Waals surface area contributed by atoms with E-state index in [1.54, 1.807) is 0 Å². The van der Waals surface area contributed by atoms with Gasteiger partial charge in [0.2, 0.25) is 5.66 Å². The summed E-state index contributed by atoms with van der Waals surface area (Å²) >= 11 is 0. The molecule has 1 aliphatic rings. The maximum Gasteiger partial charge on any atom is 0.408 e. The van der Waals surface area contributed by atoms with Gasteiger partial charge in [-0.05, 0) is 18.4 Å². The van der Waals surface area contributed by atoms with Crippen molar-refractivity contribution >= 4 is 12.1 Å². The van der Waals surface area contributed by atoms with Crippen LogP contribution < -0.4 is 0 Å². The highest BCUT2D eigenvalue weighted by Crippen LogP contribution is 2.31. The van der Waals surface area contributed by atoms with Crippen molar-refractivity contribution in [3.63, 3.8) is 0 Å². The molecule has 8 nitrogen and oxygen atoms in total. The minimum Gasteiger partial charge on any atom is -0.479 e. The molecule has 1 fully saturated rings. The second-order valence-electron chi connectivity index (χ2n) is 2.85. The van der Waals surface area contributed by atoms with Crippen LogP contribution in [0.5, 0.6) is 0 Å². The summed E-state index contributed by atoms with van der Waals surface area (Å²) in [5, 5.41) is 20.6. The normalized spacial score (nSPS) is 25.6. The molecule has 14 heavy (non-hydrogen) atoms. The van der Waals surface area contributed by atoms with E-state index in [4.69, 9.17) is 15.7 Å². The van der Waals surface area contributed by atoms with Gasteiger partial charge in [-0.15, -0.1) is 0 Å². The van der Waals surface area contributed by atoms with Gasteiger partial charge in [-0.3, -0.25) is 4.90 Å². The Morgan fingerprint density at radius 2 is 2.14 bits per heavy atom. The van der Waals surface area contributed by atoms with Crippen molar-refractivity contribution in [2.45, 2.75) is 18.5 Å². The molecule has 8 heteroatoms. The third-order valence-electron chi connectivity index (χ3n) is 2.14. The largest absolute Gasteiger partial charge is 0.479 e. The van der Waals surface area contributed by atoms with Crippen LogP contribution in [-0.4, -0.2) is 39.4 Å². The van der Waals surface area contributed by atoms with Crippen LogP contribution in [-0.2, 0) is 4.79 Å². The number of carbonyl (C=O) groups is 2. The average Bonchev–Trinajstić information content (AvgIpc) is 2.50. The van der Waals surface area contributed by atoms with Crippen LogP contribution in [0.2, 0.25) is 0 Å². The Morgan fingerprint density at radius 1 is 1.50 bits per heavy atom. The lowest BCUT2D eigenvalue weighted by Crippen LogP contribution is -2.50. The van der Waals surface area contributed by atoms with Crippen molar-refractivity contribution < 1.29 is 19.8 Å². The smallest absolute Gasteiger partial charge is 0.408 e. The molecule has 0 saturated carbocycles. The molecule has 1 amide bonds. The number of hydrogen-bond acceptors (Lipinski definition) is 3. The van der Waals surface area contributed by atoms with Crippen LogP contribution in [0.4, 0.5) is 4.79 Å². The lowest BCUT2D eigenvalue weighted by Gasteiger charge is -2.27. The van der Waals surface area contributed by atoms with E-state index in [-0.39, 0.29) is 13.0 Å². The number of carboxylic acids is 1. The molecular formula is C6H8N4O4. The molecule has 0 aromatic carbocycles. The van der Waals surface area contributed by atoms with Crippen LogP contribution in [0.1, 0.15) is 12.8 Å². The number of rotatable bonds is 2. The predicted molar refractivity (Wildman–Crippen MR) is 43.5 cm³/mol. The number of likely N-dealkylation sites (tertiary alicyclic amines) is 1. The van der Waals surface area contributed by atoms with Gasteiger partial charge in [0.15, 0.2) is 0 Å². The van der Waals surface area contributed by atoms with Gasteiger partial charge in [0.05, 0.1) is 0 Å². The number of azide groups is 1. The molecule has 0 spiro atoms. The van der Waals surface area contributed by atoms with Gasteiger partial charge in [-0.1, -0.05) is 5.11 Å². The Bertz CT molecular complexity index is 320. The Kier molecular flexibility index (Phi) is 2.48. The minimum absolute atomic E-state index is 0.0126. The number of amides is 1. The fourth-order valence-electron chi connectivity index (χ4n) is 1.50. The molecule has 1 heterocycles. The molecule has 1 aliphatic heterocycles. The molecular weight excluding hydrogens is 192 g/mol. The van der Waals surface area contributed by atoms with Gasteiger partial charge in [-0.25, -0.2) is 9.59 Å². The minimum atomic E-state index is -1.96. The molecule has 76 valence electrons. The van der Waals surface area contributed by atoms with Crippen molar-refractivity contribution in [1.82, 2.24) is 4.90 Å². The van der Waals surface area contributed by atoms with Gasteiger partial charge in [0.1, 0.15) is 0 Å². The summed E-state index contributed by atoms with van der Waals surface area (Å²) in [4.78, 5) is 24.6. The molecule has 0 radical (unpaired) electrons. The molecule has 1 rings (SSSR count). The second-order valence-corrected chi connectivity index (χ2v) is 2.85. The quantitative estimate of drug-likeness (QED) is 0.389. The third-order valence-corrected chi connectivity index (χ3v) is 2.14. The molecule has 0 aliphatic carbocycles. The summed E-state index contributed by atoms with van der Waals surface area (Å²) in [6, 6.07) is 0. The SMILES string of the molecule is [N-]=[N+]=NC1(C(=O)O)CCCN1C(=O)O. The van der Waals surface area contributed by atoms with E-state index in [2.05, 4.69) is 10.0 Å². The fraction of sp³-hybridized carbons (Fsp3) is 0.667. The number of hydrogen-bond donors (Lipinski definition) is 2. The summed E-state index contributed by atoms with van der Waals surface area (Å²) < 4.78 is 0. The Labute approximate surface area is 78.4 Å². The van der Waals surface area contributed by atoms with Crippen molar-refractivity contribution in [1.29, 1.82) is 0 Å². The van der Waals surface area contributed by atoms with Crippen molar-refractivity contribution in [2.75, 3.05) is 6.54 Å². The van der Waals surface area contributed by atoms with Gasteiger partial charge in [0.25, 0.3) is 0 Å². The van der Waals surface area contributed by atoms with Crippen molar-refractivity contribution in [3.8, 4) is 0 Å². The first-order valence-corrected chi connectivity index (χ1v) is 3.85. The summed E-state index contributed by atoms with van der Waals surface area (Å²) in [7, 11) is 0. The Morgan fingerprint density at radius 3 is 2.57 bits per heavy atom.